The van der Waals surface area contributed by atoms with Gasteiger partial charge in [0.1, 0.15) is 0 Å². The predicted molar refractivity (Wildman–Crippen MR) is 79.7 cm³/mol. The zero-order chi connectivity index (χ0) is 13.0. The molecular weight excluding hydrogens is 282 g/mol. The Morgan fingerprint density at radius 1 is 1.17 bits per heavy atom. The molecule has 0 fully saturated rings. The molecule has 1 N–H and O–H groups in total. The minimum atomic E-state index is 0.383. The molecule has 0 spiro atoms. The fourth-order valence-electron chi connectivity index (χ4n) is 1.41. The highest BCUT2D eigenvalue weighted by molar-refractivity contribution is 8.03. The van der Waals surface area contributed by atoms with Gasteiger partial charge in [-0.15, -0.1) is 10.2 Å². The van der Waals surface area contributed by atoms with Crippen LogP contribution in [-0.4, -0.2) is 23.5 Å². The van der Waals surface area contributed by atoms with Crippen LogP contribution in [0.25, 0.3) is 0 Å². The lowest BCUT2D eigenvalue weighted by atomic mass is 10.1. The number of hydrogen-bond acceptors (Lipinski definition) is 6. The molecule has 0 bridgehead atoms. The van der Waals surface area contributed by atoms with E-state index in [0.29, 0.717) is 6.04 Å². The van der Waals surface area contributed by atoms with Gasteiger partial charge in [0.15, 0.2) is 8.68 Å². The van der Waals surface area contributed by atoms with E-state index < -0.39 is 0 Å². The summed E-state index contributed by atoms with van der Waals surface area (Å²) in [6.45, 7) is 2.15. The van der Waals surface area contributed by atoms with E-state index in [1.165, 1.54) is 10.5 Å². The van der Waals surface area contributed by atoms with Crippen LogP contribution >= 0.6 is 34.9 Å². The quantitative estimate of drug-likeness (QED) is 0.852. The van der Waals surface area contributed by atoms with Crippen LogP contribution in [0.15, 0.2) is 37.8 Å². The summed E-state index contributed by atoms with van der Waals surface area (Å²) in [4.78, 5) is 1.20. The van der Waals surface area contributed by atoms with Crippen LogP contribution in [0.5, 0.6) is 0 Å². The summed E-state index contributed by atoms with van der Waals surface area (Å²) in [5.74, 6) is 0. The first-order chi connectivity index (χ1) is 8.72. The number of thioether (sulfide) groups is 1. The van der Waals surface area contributed by atoms with E-state index >= 15 is 0 Å². The first-order valence-electron chi connectivity index (χ1n) is 5.55. The lowest BCUT2D eigenvalue weighted by Gasteiger charge is -2.10. The number of nitrogens with zero attached hydrogens (tertiary/aromatic N) is 2. The van der Waals surface area contributed by atoms with Crippen molar-refractivity contribution in [1.29, 1.82) is 0 Å². The molecule has 1 aromatic carbocycles. The van der Waals surface area contributed by atoms with Gasteiger partial charge in [-0.3, -0.25) is 0 Å². The molecule has 1 heterocycles. The zero-order valence-electron chi connectivity index (χ0n) is 10.5. The van der Waals surface area contributed by atoms with E-state index in [9.17, 15) is 0 Å². The van der Waals surface area contributed by atoms with Crippen LogP contribution in [0.2, 0.25) is 0 Å². The van der Waals surface area contributed by atoms with Crippen LogP contribution in [0.1, 0.15) is 18.5 Å². The standard InChI is InChI=1S/C12H15N3S3/c1-8(13-2)9-4-6-10(7-5-9)17-12-15-14-11(16-3)18-12/h4-8,13H,1-3H3. The Labute approximate surface area is 120 Å². The van der Waals surface area contributed by atoms with Gasteiger partial charge in [0, 0.05) is 10.9 Å². The summed E-state index contributed by atoms with van der Waals surface area (Å²) >= 11 is 4.93. The highest BCUT2D eigenvalue weighted by Crippen LogP contribution is 2.33. The van der Waals surface area contributed by atoms with Crippen molar-refractivity contribution in [2.24, 2.45) is 0 Å². The van der Waals surface area contributed by atoms with Gasteiger partial charge in [-0.05, 0) is 37.9 Å². The predicted octanol–water partition coefficient (Wildman–Crippen LogP) is 3.69. The molecule has 0 radical (unpaired) electrons. The Kier molecular flexibility index (Phi) is 5.05. The topological polar surface area (TPSA) is 37.8 Å². The van der Waals surface area contributed by atoms with Crippen molar-refractivity contribution in [3.63, 3.8) is 0 Å². The molecular formula is C12H15N3S3. The molecule has 96 valence electrons. The summed E-state index contributed by atoms with van der Waals surface area (Å²) in [7, 11) is 1.97. The van der Waals surface area contributed by atoms with Crippen molar-refractivity contribution in [2.45, 2.75) is 26.5 Å². The van der Waals surface area contributed by atoms with Crippen LogP contribution in [0.3, 0.4) is 0 Å². The highest BCUT2D eigenvalue weighted by Gasteiger charge is 2.06. The highest BCUT2D eigenvalue weighted by atomic mass is 32.2. The minimum absolute atomic E-state index is 0.383. The molecule has 0 saturated carbocycles. The van der Waals surface area contributed by atoms with E-state index in [1.54, 1.807) is 34.9 Å². The lowest BCUT2D eigenvalue weighted by molar-refractivity contribution is 0.652. The molecule has 0 aliphatic carbocycles. The normalized spacial score (nSPS) is 12.6. The first kappa shape index (κ1) is 13.9. The van der Waals surface area contributed by atoms with Crippen molar-refractivity contribution in [3.8, 4) is 0 Å². The Hall–Kier alpha value is -0.560. The van der Waals surface area contributed by atoms with Crippen molar-refractivity contribution in [2.75, 3.05) is 13.3 Å². The summed E-state index contributed by atoms with van der Waals surface area (Å²) in [5, 5.41) is 11.5. The molecule has 6 heteroatoms. The Bertz CT molecular complexity index is 496. The summed E-state index contributed by atoms with van der Waals surface area (Å²) in [6.07, 6.45) is 2.02. The summed E-state index contributed by atoms with van der Waals surface area (Å²) < 4.78 is 2.01. The van der Waals surface area contributed by atoms with E-state index in [2.05, 4.69) is 46.7 Å². The molecule has 18 heavy (non-hydrogen) atoms. The molecule has 0 aliphatic rings. The van der Waals surface area contributed by atoms with Gasteiger partial charge in [0.25, 0.3) is 0 Å². The second-order valence-corrected chi connectivity index (χ2v) is 7.07. The molecule has 0 aliphatic heterocycles. The van der Waals surface area contributed by atoms with Gasteiger partial charge in [-0.25, -0.2) is 0 Å². The van der Waals surface area contributed by atoms with Crippen LogP contribution in [0, 0.1) is 0 Å². The van der Waals surface area contributed by atoms with E-state index in [-0.39, 0.29) is 0 Å². The third-order valence-electron chi connectivity index (χ3n) is 2.58. The maximum atomic E-state index is 4.15. The Morgan fingerprint density at radius 3 is 2.39 bits per heavy atom. The zero-order valence-corrected chi connectivity index (χ0v) is 13.0. The molecule has 1 atom stereocenters. The summed E-state index contributed by atoms with van der Waals surface area (Å²) in [6, 6.07) is 8.95. The van der Waals surface area contributed by atoms with Gasteiger partial charge in [0.2, 0.25) is 0 Å². The third kappa shape index (κ3) is 3.47. The number of nitrogens with one attached hydrogen (secondary N) is 1. The number of aromatic nitrogens is 2. The lowest BCUT2D eigenvalue weighted by Crippen LogP contribution is -2.11. The van der Waals surface area contributed by atoms with Gasteiger partial charge in [0.05, 0.1) is 0 Å². The van der Waals surface area contributed by atoms with Crippen molar-refractivity contribution in [1.82, 2.24) is 15.5 Å². The average molecular weight is 297 g/mol. The second-order valence-electron chi connectivity index (χ2n) is 3.72. The molecule has 0 saturated heterocycles. The molecule has 2 aromatic rings. The largest absolute Gasteiger partial charge is 0.313 e. The van der Waals surface area contributed by atoms with Crippen LogP contribution in [0.4, 0.5) is 0 Å². The summed E-state index contributed by atoms with van der Waals surface area (Å²) in [5.41, 5.74) is 1.30. The Balaban J connectivity index is 2.06. The van der Waals surface area contributed by atoms with Crippen LogP contribution < -0.4 is 5.32 Å². The minimum Gasteiger partial charge on any atom is -0.313 e. The van der Waals surface area contributed by atoms with Crippen molar-refractivity contribution < 1.29 is 0 Å². The monoisotopic (exact) mass is 297 g/mol. The van der Waals surface area contributed by atoms with E-state index in [0.717, 1.165) is 8.68 Å². The third-order valence-corrected chi connectivity index (χ3v) is 5.54. The maximum Gasteiger partial charge on any atom is 0.179 e. The fourth-order valence-corrected chi connectivity index (χ4v) is 3.82. The SMILES string of the molecule is CNC(C)c1ccc(Sc2nnc(SC)s2)cc1. The second kappa shape index (κ2) is 6.56. The van der Waals surface area contributed by atoms with Gasteiger partial charge in [-0.1, -0.05) is 47.0 Å². The van der Waals surface area contributed by atoms with Crippen molar-refractivity contribution in [3.05, 3.63) is 29.8 Å². The van der Waals surface area contributed by atoms with Crippen LogP contribution in [-0.2, 0) is 0 Å². The van der Waals surface area contributed by atoms with E-state index in [1.807, 2.05) is 13.3 Å². The van der Waals surface area contributed by atoms with Crippen molar-refractivity contribution >= 4 is 34.9 Å². The first-order valence-corrected chi connectivity index (χ1v) is 8.41. The number of hydrogen-bond donors (Lipinski definition) is 1. The number of benzene rings is 1. The van der Waals surface area contributed by atoms with Gasteiger partial charge in [-0.2, -0.15) is 0 Å². The molecule has 1 unspecified atom stereocenters. The average Bonchev–Trinajstić information content (AvgIpc) is 2.86. The molecule has 1 aromatic heterocycles. The molecule has 3 nitrogen and oxygen atoms in total. The molecule has 0 amide bonds. The maximum absolute atomic E-state index is 4.15. The number of rotatable bonds is 5. The fraction of sp³-hybridized carbons (Fsp3) is 0.333. The Morgan fingerprint density at radius 2 is 1.83 bits per heavy atom. The van der Waals surface area contributed by atoms with E-state index in [4.69, 9.17) is 0 Å². The van der Waals surface area contributed by atoms with Gasteiger partial charge < -0.3 is 5.32 Å². The van der Waals surface area contributed by atoms with Gasteiger partial charge >= 0.3 is 0 Å². The smallest absolute Gasteiger partial charge is 0.179 e. The molecule has 2 rings (SSSR count).